The van der Waals surface area contributed by atoms with Crippen LogP contribution in [0.2, 0.25) is 15.1 Å². The van der Waals surface area contributed by atoms with E-state index in [1.165, 1.54) is 12.1 Å². The molecule has 15 heavy (non-hydrogen) atoms. The molecular formula is C9H9Cl3N2O. The Labute approximate surface area is 102 Å². The molecule has 3 N–H and O–H groups in total. The third-order valence-corrected chi connectivity index (χ3v) is 2.72. The Morgan fingerprint density at radius 1 is 1.27 bits per heavy atom. The molecule has 6 heteroatoms. The highest BCUT2D eigenvalue weighted by Crippen LogP contribution is 2.32. The van der Waals surface area contributed by atoms with Gasteiger partial charge in [0.25, 0.3) is 0 Å². The Morgan fingerprint density at radius 2 is 1.80 bits per heavy atom. The lowest BCUT2D eigenvalue weighted by atomic mass is 10.3. The van der Waals surface area contributed by atoms with Crippen LogP contribution in [0, 0.1) is 0 Å². The number of carbonyl (C=O) groups is 1. The van der Waals surface area contributed by atoms with Crippen LogP contribution in [0.5, 0.6) is 0 Å². The lowest BCUT2D eigenvalue weighted by molar-refractivity contribution is -0.117. The third kappa shape index (κ3) is 3.24. The maximum atomic E-state index is 11.3. The van der Waals surface area contributed by atoms with Crippen molar-refractivity contribution in [3.05, 3.63) is 27.2 Å². The van der Waals surface area contributed by atoms with Gasteiger partial charge in [0, 0.05) is 0 Å². The van der Waals surface area contributed by atoms with Gasteiger partial charge < -0.3 is 11.1 Å². The molecule has 0 aliphatic heterocycles. The lowest BCUT2D eigenvalue weighted by Crippen LogP contribution is -2.32. The van der Waals surface area contributed by atoms with Gasteiger partial charge in [0.15, 0.2) is 0 Å². The van der Waals surface area contributed by atoms with E-state index >= 15 is 0 Å². The van der Waals surface area contributed by atoms with E-state index in [-0.39, 0.29) is 5.91 Å². The van der Waals surface area contributed by atoms with E-state index in [4.69, 9.17) is 40.5 Å². The summed E-state index contributed by atoms with van der Waals surface area (Å²) >= 11 is 17.4. The van der Waals surface area contributed by atoms with Gasteiger partial charge >= 0.3 is 0 Å². The normalized spacial score (nSPS) is 12.3. The van der Waals surface area contributed by atoms with Crippen LogP contribution in [0.1, 0.15) is 6.92 Å². The number of amides is 1. The molecule has 1 atom stereocenters. The van der Waals surface area contributed by atoms with Gasteiger partial charge in [0.05, 0.1) is 26.8 Å². The quantitative estimate of drug-likeness (QED) is 0.810. The third-order valence-electron chi connectivity index (χ3n) is 1.68. The molecule has 0 spiro atoms. The number of nitrogens with one attached hydrogen (secondary N) is 1. The van der Waals surface area contributed by atoms with Crippen LogP contribution < -0.4 is 11.1 Å². The van der Waals surface area contributed by atoms with Gasteiger partial charge in [0.1, 0.15) is 0 Å². The van der Waals surface area contributed by atoms with Crippen molar-refractivity contribution in [3.63, 3.8) is 0 Å². The number of hydrogen-bond donors (Lipinski definition) is 2. The minimum Gasteiger partial charge on any atom is -0.323 e. The molecule has 0 fully saturated rings. The van der Waals surface area contributed by atoms with Crippen molar-refractivity contribution in [2.45, 2.75) is 13.0 Å². The van der Waals surface area contributed by atoms with Crippen LogP contribution in [0.15, 0.2) is 12.1 Å². The zero-order chi connectivity index (χ0) is 11.6. The fraction of sp³-hybridized carbons (Fsp3) is 0.222. The molecule has 1 rings (SSSR count). The van der Waals surface area contributed by atoms with E-state index in [1.54, 1.807) is 6.92 Å². The van der Waals surface area contributed by atoms with Crippen molar-refractivity contribution in [1.82, 2.24) is 0 Å². The summed E-state index contributed by atoms with van der Waals surface area (Å²) in [6, 6.07) is 2.32. The van der Waals surface area contributed by atoms with Crippen LogP contribution >= 0.6 is 34.8 Å². The van der Waals surface area contributed by atoms with Gasteiger partial charge in [-0.1, -0.05) is 34.8 Å². The second-order valence-corrected chi connectivity index (χ2v) is 4.25. The van der Waals surface area contributed by atoms with E-state index in [1.807, 2.05) is 0 Å². The highest BCUT2D eigenvalue weighted by Gasteiger charge is 2.11. The molecule has 3 nitrogen and oxygen atoms in total. The number of carbonyl (C=O) groups excluding carboxylic acids is 1. The average molecular weight is 268 g/mol. The summed E-state index contributed by atoms with van der Waals surface area (Å²) in [5.74, 6) is -0.338. The zero-order valence-corrected chi connectivity index (χ0v) is 10.1. The number of nitrogens with two attached hydrogens (primary N) is 1. The van der Waals surface area contributed by atoms with Crippen LogP contribution in [-0.4, -0.2) is 11.9 Å². The van der Waals surface area contributed by atoms with Crippen LogP contribution in [0.4, 0.5) is 5.69 Å². The summed E-state index contributed by atoms with van der Waals surface area (Å²) in [5.41, 5.74) is 5.78. The molecule has 1 aromatic rings. The smallest absolute Gasteiger partial charge is 0.241 e. The highest BCUT2D eigenvalue weighted by atomic mass is 35.5. The predicted molar refractivity (Wildman–Crippen MR) is 63.8 cm³/mol. The van der Waals surface area contributed by atoms with Crippen LogP contribution in [0.3, 0.4) is 0 Å². The molecule has 0 saturated heterocycles. The van der Waals surface area contributed by atoms with Gasteiger partial charge in [0.2, 0.25) is 5.91 Å². The van der Waals surface area contributed by atoms with E-state index < -0.39 is 6.04 Å². The molecule has 82 valence electrons. The molecule has 0 saturated carbocycles. The first-order chi connectivity index (χ1) is 6.91. The summed E-state index contributed by atoms with van der Waals surface area (Å²) in [4.78, 5) is 11.3. The second kappa shape index (κ2) is 5.03. The summed E-state index contributed by atoms with van der Waals surface area (Å²) in [7, 11) is 0. The largest absolute Gasteiger partial charge is 0.323 e. The minimum atomic E-state index is -0.615. The summed E-state index contributed by atoms with van der Waals surface area (Å²) in [5, 5.41) is 3.51. The Morgan fingerprint density at radius 3 is 2.33 bits per heavy atom. The Balaban J connectivity index is 2.96. The van der Waals surface area contributed by atoms with Crippen molar-refractivity contribution >= 4 is 46.4 Å². The maximum absolute atomic E-state index is 11.3. The van der Waals surface area contributed by atoms with Gasteiger partial charge in [-0.05, 0) is 19.1 Å². The number of hydrogen-bond acceptors (Lipinski definition) is 2. The molecular weight excluding hydrogens is 258 g/mol. The molecule has 0 bridgehead atoms. The first-order valence-electron chi connectivity index (χ1n) is 4.13. The first kappa shape index (κ1) is 12.6. The first-order valence-corrected chi connectivity index (χ1v) is 5.26. The van der Waals surface area contributed by atoms with E-state index in [0.717, 1.165) is 0 Å². The topological polar surface area (TPSA) is 55.1 Å². The molecule has 0 heterocycles. The Bertz CT molecular complexity index is 393. The van der Waals surface area contributed by atoms with Crippen LogP contribution in [0.25, 0.3) is 0 Å². The van der Waals surface area contributed by atoms with Crippen molar-refractivity contribution < 1.29 is 4.79 Å². The fourth-order valence-corrected chi connectivity index (χ4v) is 1.46. The molecule has 1 aromatic carbocycles. The van der Waals surface area contributed by atoms with Crippen molar-refractivity contribution in [2.24, 2.45) is 5.73 Å². The Kier molecular flexibility index (Phi) is 4.22. The fourth-order valence-electron chi connectivity index (χ4n) is 0.865. The molecule has 0 aliphatic carbocycles. The van der Waals surface area contributed by atoms with Gasteiger partial charge in [-0.15, -0.1) is 0 Å². The van der Waals surface area contributed by atoms with E-state index in [0.29, 0.717) is 20.8 Å². The molecule has 1 amide bonds. The SMILES string of the molecule is CC(N)C(=O)Nc1cc(Cl)c(Cl)cc1Cl. The van der Waals surface area contributed by atoms with Crippen molar-refractivity contribution in [2.75, 3.05) is 5.32 Å². The number of halogens is 3. The summed E-state index contributed by atoms with van der Waals surface area (Å²) in [6.07, 6.45) is 0. The molecule has 0 radical (unpaired) electrons. The minimum absolute atomic E-state index is 0.318. The predicted octanol–water partition coefficient (Wildman–Crippen LogP) is 2.93. The number of anilines is 1. The van der Waals surface area contributed by atoms with Gasteiger partial charge in [-0.25, -0.2) is 0 Å². The van der Waals surface area contributed by atoms with E-state index in [2.05, 4.69) is 5.32 Å². The summed E-state index contributed by atoms with van der Waals surface area (Å²) < 4.78 is 0. The standard InChI is InChI=1S/C9H9Cl3N2O/c1-4(13)9(15)14-8-3-6(11)5(10)2-7(8)12/h2-4H,13H2,1H3,(H,14,15). The lowest BCUT2D eigenvalue weighted by Gasteiger charge is -2.10. The van der Waals surface area contributed by atoms with Gasteiger partial charge in [-0.2, -0.15) is 0 Å². The van der Waals surface area contributed by atoms with Crippen molar-refractivity contribution in [3.8, 4) is 0 Å². The van der Waals surface area contributed by atoms with Crippen LogP contribution in [-0.2, 0) is 4.79 Å². The van der Waals surface area contributed by atoms with E-state index in [9.17, 15) is 4.79 Å². The van der Waals surface area contributed by atoms with Gasteiger partial charge in [-0.3, -0.25) is 4.79 Å². The molecule has 0 aromatic heterocycles. The van der Waals surface area contributed by atoms with Crippen molar-refractivity contribution in [1.29, 1.82) is 0 Å². The average Bonchev–Trinajstić information content (AvgIpc) is 2.13. The molecule has 1 unspecified atom stereocenters. The Hall–Kier alpha value is -0.480. The highest BCUT2D eigenvalue weighted by molar-refractivity contribution is 6.44. The summed E-state index contributed by atoms with van der Waals surface area (Å²) in [6.45, 7) is 1.57. The second-order valence-electron chi connectivity index (χ2n) is 3.02. The zero-order valence-electron chi connectivity index (χ0n) is 7.85. The number of rotatable bonds is 2. The monoisotopic (exact) mass is 266 g/mol. The molecule has 0 aliphatic rings. The maximum Gasteiger partial charge on any atom is 0.241 e. The number of benzene rings is 1.